The quantitative estimate of drug-likeness (QED) is 0.475. The summed E-state index contributed by atoms with van der Waals surface area (Å²) in [4.78, 5) is 37.7. The number of carbonyl (C=O) groups excluding carboxylic acids is 2. The molecule has 112 valence electrons. The maximum Gasteiger partial charge on any atom is 0.277 e. The molecule has 0 heterocycles. The van der Waals surface area contributed by atoms with E-state index >= 15 is 0 Å². The molecule has 0 fully saturated rings. The van der Waals surface area contributed by atoms with Gasteiger partial charge in [0.15, 0.2) is 5.78 Å². The first kappa shape index (κ1) is 15.8. The summed E-state index contributed by atoms with van der Waals surface area (Å²) in [5, 5.41) is 10.6. The Morgan fingerprint density at radius 1 is 1.23 bits per heavy atom. The molecule has 6 nitrogen and oxygen atoms in total. The highest BCUT2D eigenvalue weighted by Crippen LogP contribution is 2.23. The van der Waals surface area contributed by atoms with Crippen molar-refractivity contribution < 1.29 is 14.5 Å². The van der Waals surface area contributed by atoms with Gasteiger partial charge in [-0.15, -0.1) is 0 Å². The molecule has 1 aliphatic carbocycles. The molecule has 0 atom stereocenters. The van der Waals surface area contributed by atoms with E-state index in [2.05, 4.69) is 4.99 Å². The third-order valence-corrected chi connectivity index (χ3v) is 3.63. The molecule has 7 heteroatoms. The van der Waals surface area contributed by atoms with Crippen LogP contribution in [0.25, 0.3) is 0 Å². The Morgan fingerprint density at radius 2 is 1.82 bits per heavy atom. The fraction of sp³-hybridized carbons (Fsp3) is 0.133. The van der Waals surface area contributed by atoms with E-state index in [1.807, 2.05) is 0 Å². The van der Waals surface area contributed by atoms with Crippen molar-refractivity contribution in [2.45, 2.75) is 13.8 Å². The first-order valence-corrected chi connectivity index (χ1v) is 6.66. The second-order valence-corrected chi connectivity index (χ2v) is 5.08. The first-order valence-electron chi connectivity index (χ1n) is 6.28. The number of Topliss-reactive ketones (excluding diaryl/α,β-unsaturated/α-hetero) is 1. The second-order valence-electron chi connectivity index (χ2n) is 4.70. The van der Waals surface area contributed by atoms with Crippen LogP contribution in [0.5, 0.6) is 0 Å². The number of carbonyl (C=O) groups is 2. The third kappa shape index (κ3) is 3.01. The number of halogens is 1. The minimum absolute atomic E-state index is 0.0373. The SMILES string of the molecule is CC1=CC(=NC(=O)c2ccc([N+](=O)[O-])cc2)C(C)=C(Cl)C1=O. The second kappa shape index (κ2) is 6.03. The highest BCUT2D eigenvalue weighted by Gasteiger charge is 2.21. The molecule has 0 unspecified atom stereocenters. The number of amides is 1. The lowest BCUT2D eigenvalue weighted by atomic mass is 9.98. The van der Waals surface area contributed by atoms with E-state index in [4.69, 9.17) is 11.6 Å². The van der Waals surface area contributed by atoms with Crippen LogP contribution in [0.2, 0.25) is 0 Å². The van der Waals surface area contributed by atoms with Gasteiger partial charge < -0.3 is 0 Å². The number of aliphatic imine (C=N–C) groups is 1. The standard InChI is InChI=1S/C15H11ClN2O4/c1-8-7-12(9(2)13(16)14(8)19)17-15(20)10-3-5-11(6-4-10)18(21)22/h3-7H,1-2H3. The summed E-state index contributed by atoms with van der Waals surface area (Å²) in [5.74, 6) is -0.854. The first-order chi connectivity index (χ1) is 10.3. The van der Waals surface area contributed by atoms with Crippen LogP contribution in [-0.2, 0) is 4.79 Å². The number of nitrogens with zero attached hydrogens (tertiary/aromatic N) is 2. The fourth-order valence-corrected chi connectivity index (χ4v) is 2.10. The summed E-state index contributed by atoms with van der Waals surface area (Å²) in [6.45, 7) is 3.19. The smallest absolute Gasteiger partial charge is 0.277 e. The van der Waals surface area contributed by atoms with Crippen molar-refractivity contribution in [2.75, 3.05) is 0 Å². The molecular weight excluding hydrogens is 308 g/mol. The van der Waals surface area contributed by atoms with E-state index in [0.717, 1.165) is 0 Å². The van der Waals surface area contributed by atoms with Crippen LogP contribution >= 0.6 is 11.6 Å². The van der Waals surface area contributed by atoms with Gasteiger partial charge in [0.05, 0.1) is 15.7 Å². The van der Waals surface area contributed by atoms with Crippen LogP contribution in [0.1, 0.15) is 24.2 Å². The molecule has 0 saturated carbocycles. The van der Waals surface area contributed by atoms with Gasteiger partial charge in [-0.3, -0.25) is 19.7 Å². The molecule has 1 aromatic rings. The maximum absolute atomic E-state index is 12.1. The van der Waals surface area contributed by atoms with Gasteiger partial charge in [-0.05, 0) is 37.6 Å². The van der Waals surface area contributed by atoms with Gasteiger partial charge in [0, 0.05) is 23.3 Å². The van der Waals surface area contributed by atoms with E-state index in [-0.39, 0.29) is 22.1 Å². The largest absolute Gasteiger partial charge is 0.288 e. The summed E-state index contributed by atoms with van der Waals surface area (Å²) in [7, 11) is 0. The molecule has 1 aliphatic rings. The molecule has 0 N–H and O–H groups in total. The van der Waals surface area contributed by atoms with Gasteiger partial charge in [-0.2, -0.15) is 0 Å². The van der Waals surface area contributed by atoms with Gasteiger partial charge in [0.25, 0.3) is 11.6 Å². The molecule has 0 saturated heterocycles. The van der Waals surface area contributed by atoms with Gasteiger partial charge in [-0.1, -0.05) is 11.6 Å². The van der Waals surface area contributed by atoms with Crippen molar-refractivity contribution in [1.82, 2.24) is 0 Å². The maximum atomic E-state index is 12.1. The van der Waals surface area contributed by atoms with Gasteiger partial charge >= 0.3 is 0 Å². The van der Waals surface area contributed by atoms with E-state index in [1.165, 1.54) is 30.3 Å². The predicted octanol–water partition coefficient (Wildman–Crippen LogP) is 3.22. The number of hydrogen-bond donors (Lipinski definition) is 0. The average Bonchev–Trinajstić information content (AvgIpc) is 2.50. The zero-order chi connectivity index (χ0) is 16.4. The number of ketones is 1. The van der Waals surface area contributed by atoms with Gasteiger partial charge in [0.1, 0.15) is 0 Å². The third-order valence-electron chi connectivity index (χ3n) is 3.17. The number of nitro groups is 1. The minimum Gasteiger partial charge on any atom is -0.288 e. The van der Waals surface area contributed by atoms with E-state index < -0.39 is 10.8 Å². The highest BCUT2D eigenvalue weighted by molar-refractivity contribution is 6.49. The minimum atomic E-state index is -0.563. The Kier molecular flexibility index (Phi) is 4.32. The number of allylic oxidation sites excluding steroid dienone is 4. The average molecular weight is 319 g/mol. The number of hydrogen-bond acceptors (Lipinski definition) is 4. The molecule has 2 rings (SSSR count). The van der Waals surface area contributed by atoms with Crippen molar-refractivity contribution in [3.05, 3.63) is 62.2 Å². The molecule has 0 spiro atoms. The Labute approximate surface area is 131 Å². The van der Waals surface area contributed by atoms with Crippen LogP contribution in [0.15, 0.2) is 51.5 Å². The molecule has 0 aliphatic heterocycles. The lowest BCUT2D eigenvalue weighted by molar-refractivity contribution is -0.384. The molecule has 0 aromatic heterocycles. The van der Waals surface area contributed by atoms with E-state index in [1.54, 1.807) is 13.8 Å². The van der Waals surface area contributed by atoms with Crippen molar-refractivity contribution in [3.8, 4) is 0 Å². The number of non-ortho nitro benzene ring substituents is 1. The van der Waals surface area contributed by atoms with Crippen LogP contribution in [-0.4, -0.2) is 22.3 Å². The number of benzene rings is 1. The van der Waals surface area contributed by atoms with Crippen LogP contribution in [0, 0.1) is 10.1 Å². The summed E-state index contributed by atoms with van der Waals surface area (Å²) in [6, 6.07) is 5.12. The zero-order valence-corrected chi connectivity index (χ0v) is 12.5. The fourth-order valence-electron chi connectivity index (χ4n) is 1.85. The Bertz CT molecular complexity index is 773. The summed E-state index contributed by atoms with van der Waals surface area (Å²) in [6.07, 6.45) is 1.49. The molecular formula is C15H11ClN2O4. The summed E-state index contributed by atoms with van der Waals surface area (Å²) >= 11 is 5.91. The molecule has 22 heavy (non-hydrogen) atoms. The number of rotatable bonds is 2. The summed E-state index contributed by atoms with van der Waals surface area (Å²) < 4.78 is 0. The molecule has 0 radical (unpaired) electrons. The monoisotopic (exact) mass is 318 g/mol. The van der Waals surface area contributed by atoms with Crippen LogP contribution in [0.4, 0.5) is 5.69 Å². The van der Waals surface area contributed by atoms with Crippen molar-refractivity contribution in [3.63, 3.8) is 0 Å². The lowest BCUT2D eigenvalue weighted by Crippen LogP contribution is -2.15. The normalized spacial score (nSPS) is 16.8. The van der Waals surface area contributed by atoms with Crippen LogP contribution in [0.3, 0.4) is 0 Å². The molecule has 1 amide bonds. The van der Waals surface area contributed by atoms with Gasteiger partial charge in [0.2, 0.25) is 0 Å². The topological polar surface area (TPSA) is 89.6 Å². The van der Waals surface area contributed by atoms with Crippen molar-refractivity contribution in [2.24, 2.45) is 4.99 Å². The van der Waals surface area contributed by atoms with E-state index in [0.29, 0.717) is 16.9 Å². The Morgan fingerprint density at radius 3 is 2.36 bits per heavy atom. The Balaban J connectivity index is 2.34. The number of nitro benzene ring substituents is 1. The van der Waals surface area contributed by atoms with Crippen molar-refractivity contribution in [1.29, 1.82) is 0 Å². The molecule has 0 bridgehead atoms. The van der Waals surface area contributed by atoms with Gasteiger partial charge in [-0.25, -0.2) is 4.99 Å². The van der Waals surface area contributed by atoms with E-state index in [9.17, 15) is 19.7 Å². The zero-order valence-electron chi connectivity index (χ0n) is 11.8. The Hall–Kier alpha value is -2.60. The highest BCUT2D eigenvalue weighted by atomic mass is 35.5. The molecule has 1 aromatic carbocycles. The lowest BCUT2D eigenvalue weighted by Gasteiger charge is -2.12. The van der Waals surface area contributed by atoms with Crippen molar-refractivity contribution >= 4 is 34.7 Å². The van der Waals surface area contributed by atoms with Crippen LogP contribution < -0.4 is 0 Å². The predicted molar refractivity (Wildman–Crippen MR) is 82.2 cm³/mol. The summed E-state index contributed by atoms with van der Waals surface area (Å²) in [5.41, 5.74) is 1.23.